The number of Topliss-reactive ketones (excluding diaryl/α,β-unsaturated/α-hetero) is 1. The molecule has 0 aliphatic rings. The first kappa shape index (κ1) is 29.5. The SMILES string of the molecule is CCCOc1ccc(C(=O)N[C@@H](CCOP(=O)(O)O)Cc2ccc(-c3cn(C)c(C(C)=O)n3)cc2)cc1Cl. The minimum absolute atomic E-state index is 0.129. The molecule has 0 aliphatic carbocycles. The van der Waals surface area contributed by atoms with Crippen LogP contribution in [0.4, 0.5) is 0 Å². The van der Waals surface area contributed by atoms with Gasteiger partial charge in [0, 0.05) is 37.3 Å². The molecule has 0 bridgehead atoms. The van der Waals surface area contributed by atoms with Crippen LogP contribution >= 0.6 is 19.4 Å². The fraction of sp³-hybridized carbons (Fsp3) is 0.346. The summed E-state index contributed by atoms with van der Waals surface area (Å²) < 4.78 is 23.0. The van der Waals surface area contributed by atoms with E-state index in [1.807, 2.05) is 31.2 Å². The number of amides is 1. The summed E-state index contributed by atoms with van der Waals surface area (Å²) in [6.45, 7) is 3.69. The fourth-order valence-electron chi connectivity index (χ4n) is 3.81. The maximum atomic E-state index is 13.0. The number of rotatable bonds is 13. The topological polar surface area (TPSA) is 140 Å². The lowest BCUT2D eigenvalue weighted by Gasteiger charge is -2.20. The Morgan fingerprint density at radius 1 is 1.16 bits per heavy atom. The van der Waals surface area contributed by atoms with Crippen LogP contribution in [0.5, 0.6) is 5.75 Å². The van der Waals surface area contributed by atoms with E-state index in [1.54, 1.807) is 29.9 Å². The molecule has 3 N–H and O–H groups in total. The number of hydrogen-bond acceptors (Lipinski definition) is 6. The van der Waals surface area contributed by atoms with E-state index in [0.29, 0.717) is 40.9 Å². The third kappa shape index (κ3) is 8.51. The standard InChI is InChI=1S/C26H31ClN3O7P/c1-4-12-36-24-10-9-20(15-22(24)27)26(32)28-21(11-13-37-38(33,34)35)14-18-5-7-19(8-6-18)23-16-30(3)25(29-23)17(2)31/h5-10,15-16,21H,4,11-14H2,1-3H3,(H,28,32)(H2,33,34,35)/t21-/m0/s1. The van der Waals surface area contributed by atoms with Crippen LogP contribution in [-0.2, 0) is 22.6 Å². The molecule has 12 heteroatoms. The van der Waals surface area contributed by atoms with Gasteiger partial charge < -0.3 is 24.4 Å². The molecule has 204 valence electrons. The van der Waals surface area contributed by atoms with Gasteiger partial charge in [0.1, 0.15) is 5.75 Å². The van der Waals surface area contributed by atoms with Crippen molar-refractivity contribution in [2.45, 2.75) is 39.2 Å². The Morgan fingerprint density at radius 2 is 1.87 bits per heavy atom. The van der Waals surface area contributed by atoms with Crippen LogP contribution in [0.25, 0.3) is 11.3 Å². The highest BCUT2D eigenvalue weighted by atomic mass is 35.5. The molecular weight excluding hydrogens is 533 g/mol. The second kappa shape index (κ2) is 13.2. The van der Waals surface area contributed by atoms with Gasteiger partial charge in [0.25, 0.3) is 5.91 Å². The summed E-state index contributed by atoms with van der Waals surface area (Å²) in [5.41, 5.74) is 2.68. The molecular formula is C26H31ClN3O7P. The Bertz CT molecular complexity index is 1320. The van der Waals surface area contributed by atoms with E-state index in [9.17, 15) is 14.2 Å². The predicted octanol–water partition coefficient (Wildman–Crippen LogP) is 4.57. The molecule has 1 atom stereocenters. The Hall–Kier alpha value is -3.01. The van der Waals surface area contributed by atoms with E-state index >= 15 is 0 Å². The molecule has 0 spiro atoms. The monoisotopic (exact) mass is 563 g/mol. The lowest BCUT2D eigenvalue weighted by Crippen LogP contribution is -2.37. The normalized spacial score (nSPS) is 12.3. The second-order valence-electron chi connectivity index (χ2n) is 8.79. The maximum absolute atomic E-state index is 13.0. The first-order chi connectivity index (χ1) is 18.0. The summed E-state index contributed by atoms with van der Waals surface area (Å²) in [6, 6.07) is 11.7. The number of phosphoric ester groups is 1. The number of imidazole rings is 1. The number of aryl methyl sites for hydroxylation is 1. The van der Waals surface area contributed by atoms with E-state index in [-0.39, 0.29) is 18.8 Å². The Labute approximate surface area is 226 Å². The zero-order valence-electron chi connectivity index (χ0n) is 21.4. The molecule has 0 aliphatic heterocycles. The van der Waals surface area contributed by atoms with Crippen LogP contribution in [0.2, 0.25) is 5.02 Å². The molecule has 38 heavy (non-hydrogen) atoms. The van der Waals surface area contributed by atoms with E-state index < -0.39 is 19.8 Å². The van der Waals surface area contributed by atoms with E-state index in [4.69, 9.17) is 26.1 Å². The molecule has 0 saturated carbocycles. The Kier molecular flexibility index (Phi) is 10.2. The largest absolute Gasteiger partial charge is 0.492 e. The van der Waals surface area contributed by atoms with Gasteiger partial charge >= 0.3 is 7.82 Å². The molecule has 1 amide bonds. The zero-order valence-corrected chi connectivity index (χ0v) is 23.0. The number of nitrogens with one attached hydrogen (secondary N) is 1. The minimum Gasteiger partial charge on any atom is -0.492 e. The van der Waals surface area contributed by atoms with Crippen LogP contribution in [-0.4, -0.2) is 50.3 Å². The van der Waals surface area contributed by atoms with Gasteiger partial charge in [-0.1, -0.05) is 42.8 Å². The molecule has 1 heterocycles. The summed E-state index contributed by atoms with van der Waals surface area (Å²) in [6.07, 6.45) is 3.13. The van der Waals surface area contributed by atoms with Crippen molar-refractivity contribution in [2.24, 2.45) is 7.05 Å². The molecule has 0 fully saturated rings. The van der Waals surface area contributed by atoms with Crippen LogP contribution in [0.1, 0.15) is 53.2 Å². The van der Waals surface area contributed by atoms with Crippen molar-refractivity contribution in [1.82, 2.24) is 14.9 Å². The summed E-state index contributed by atoms with van der Waals surface area (Å²) >= 11 is 6.27. The molecule has 3 aromatic rings. The molecule has 1 aromatic heterocycles. The number of phosphoric acid groups is 1. The van der Waals surface area contributed by atoms with Crippen molar-refractivity contribution in [3.63, 3.8) is 0 Å². The van der Waals surface area contributed by atoms with E-state index in [2.05, 4.69) is 14.8 Å². The van der Waals surface area contributed by atoms with Crippen molar-refractivity contribution in [2.75, 3.05) is 13.2 Å². The van der Waals surface area contributed by atoms with Crippen molar-refractivity contribution in [3.05, 3.63) is 70.6 Å². The number of ether oxygens (including phenoxy) is 1. The van der Waals surface area contributed by atoms with Crippen LogP contribution < -0.4 is 10.1 Å². The number of hydrogen-bond donors (Lipinski definition) is 3. The number of benzene rings is 2. The highest BCUT2D eigenvalue weighted by molar-refractivity contribution is 7.46. The maximum Gasteiger partial charge on any atom is 0.469 e. The summed E-state index contributed by atoms with van der Waals surface area (Å²) in [5.74, 6) is 0.329. The number of nitrogens with zero attached hydrogens (tertiary/aromatic N) is 2. The molecule has 0 radical (unpaired) electrons. The number of ketones is 1. The van der Waals surface area contributed by atoms with Crippen LogP contribution in [0.15, 0.2) is 48.7 Å². The molecule has 0 saturated heterocycles. The predicted molar refractivity (Wildman–Crippen MR) is 143 cm³/mol. The smallest absolute Gasteiger partial charge is 0.469 e. The van der Waals surface area contributed by atoms with Crippen LogP contribution in [0.3, 0.4) is 0 Å². The zero-order chi connectivity index (χ0) is 27.9. The first-order valence-corrected chi connectivity index (χ1v) is 13.9. The van der Waals surface area contributed by atoms with E-state index in [0.717, 1.165) is 17.5 Å². The van der Waals surface area contributed by atoms with Crippen molar-refractivity contribution in [3.8, 4) is 17.0 Å². The average Bonchev–Trinajstić information content (AvgIpc) is 3.24. The molecule has 2 aromatic carbocycles. The van der Waals surface area contributed by atoms with Crippen molar-refractivity contribution in [1.29, 1.82) is 0 Å². The summed E-state index contributed by atoms with van der Waals surface area (Å²) in [7, 11) is -2.89. The number of halogens is 1. The molecule has 0 unspecified atom stereocenters. The third-order valence-corrected chi connectivity index (χ3v) is 6.45. The minimum atomic E-state index is -4.65. The highest BCUT2D eigenvalue weighted by Crippen LogP contribution is 2.36. The molecule has 10 nitrogen and oxygen atoms in total. The third-order valence-electron chi connectivity index (χ3n) is 5.64. The summed E-state index contributed by atoms with van der Waals surface area (Å²) in [5, 5.41) is 3.21. The first-order valence-electron chi connectivity index (χ1n) is 12.0. The van der Waals surface area contributed by atoms with Gasteiger partial charge in [-0.3, -0.25) is 14.1 Å². The Morgan fingerprint density at radius 3 is 2.45 bits per heavy atom. The van der Waals surface area contributed by atoms with Crippen LogP contribution in [0, 0.1) is 0 Å². The Balaban J connectivity index is 1.74. The highest BCUT2D eigenvalue weighted by Gasteiger charge is 2.20. The summed E-state index contributed by atoms with van der Waals surface area (Å²) in [4.78, 5) is 47.1. The van der Waals surface area contributed by atoms with E-state index in [1.165, 1.54) is 13.0 Å². The lowest BCUT2D eigenvalue weighted by molar-refractivity contribution is 0.0928. The van der Waals surface area contributed by atoms with Gasteiger partial charge in [-0.25, -0.2) is 9.55 Å². The fourth-order valence-corrected chi connectivity index (χ4v) is 4.39. The van der Waals surface area contributed by atoms with Gasteiger partial charge in [0.05, 0.1) is 23.9 Å². The van der Waals surface area contributed by atoms with Gasteiger partial charge in [-0.15, -0.1) is 0 Å². The van der Waals surface area contributed by atoms with Crippen molar-refractivity contribution >= 4 is 31.1 Å². The molecule has 3 rings (SSSR count). The van der Waals surface area contributed by atoms with Gasteiger partial charge in [0.15, 0.2) is 11.6 Å². The van der Waals surface area contributed by atoms with Gasteiger partial charge in [-0.05, 0) is 43.0 Å². The van der Waals surface area contributed by atoms with Gasteiger partial charge in [-0.2, -0.15) is 0 Å². The average molecular weight is 564 g/mol. The second-order valence-corrected chi connectivity index (χ2v) is 10.4. The van der Waals surface area contributed by atoms with Gasteiger partial charge in [0.2, 0.25) is 0 Å². The lowest BCUT2D eigenvalue weighted by atomic mass is 10.0. The number of aromatic nitrogens is 2. The van der Waals surface area contributed by atoms with Crippen molar-refractivity contribution < 1.29 is 33.2 Å². The number of carbonyl (C=O) groups excluding carboxylic acids is 2. The quantitative estimate of drug-likeness (QED) is 0.203. The number of carbonyl (C=O) groups is 2.